The van der Waals surface area contributed by atoms with E-state index in [1.807, 2.05) is 0 Å². The summed E-state index contributed by atoms with van der Waals surface area (Å²) in [6, 6.07) is 12.8. The Morgan fingerprint density at radius 2 is 1.61 bits per heavy atom. The summed E-state index contributed by atoms with van der Waals surface area (Å²) in [5.74, 6) is 0.567. The second-order valence-electron chi connectivity index (χ2n) is 7.69. The van der Waals surface area contributed by atoms with Gasteiger partial charge in [-0.15, -0.1) is 0 Å². The van der Waals surface area contributed by atoms with Gasteiger partial charge in [0.2, 0.25) is 0 Å². The van der Waals surface area contributed by atoms with Gasteiger partial charge in [0, 0.05) is 11.8 Å². The molecular formula is C21H29NSi. The van der Waals surface area contributed by atoms with Gasteiger partial charge < -0.3 is 0 Å². The number of hydrogen-bond donors (Lipinski definition) is 0. The summed E-state index contributed by atoms with van der Waals surface area (Å²) >= 11 is 0. The Labute approximate surface area is 142 Å². The lowest BCUT2D eigenvalue weighted by atomic mass is 9.94. The number of benzene rings is 1. The molecule has 2 heteroatoms. The molecule has 0 unspecified atom stereocenters. The Morgan fingerprint density at radius 1 is 1.00 bits per heavy atom. The Kier molecular flexibility index (Phi) is 5.25. The fourth-order valence-electron chi connectivity index (χ4n) is 2.78. The highest BCUT2D eigenvalue weighted by molar-refractivity contribution is 6.89. The van der Waals surface area contributed by atoms with Gasteiger partial charge in [0.25, 0.3) is 0 Å². The number of nitrogens with zero attached hydrogens (tertiary/aromatic N) is 1. The van der Waals surface area contributed by atoms with Crippen LogP contribution in [0.5, 0.6) is 0 Å². The Balaban J connectivity index is 2.68. The van der Waals surface area contributed by atoms with Crippen LogP contribution in [0.3, 0.4) is 0 Å². The topological polar surface area (TPSA) is 12.9 Å². The van der Waals surface area contributed by atoms with Gasteiger partial charge in [0.1, 0.15) is 0 Å². The zero-order chi connectivity index (χ0) is 17.2. The van der Waals surface area contributed by atoms with Crippen molar-refractivity contribution in [2.75, 3.05) is 0 Å². The van der Waals surface area contributed by atoms with E-state index >= 15 is 0 Å². The minimum atomic E-state index is -1.44. The molecular weight excluding hydrogens is 294 g/mol. The van der Waals surface area contributed by atoms with Crippen LogP contribution in [0, 0.1) is 5.92 Å². The summed E-state index contributed by atoms with van der Waals surface area (Å²) in [4.78, 5) is 4.77. The largest absolute Gasteiger partial charge is 0.256 e. The molecule has 0 bridgehead atoms. The normalized spacial score (nSPS) is 13.2. The molecule has 0 radical (unpaired) electrons. The predicted octanol–water partition coefficient (Wildman–Crippen LogP) is 5.74. The number of allylic oxidation sites excluding steroid dienone is 2. The van der Waals surface area contributed by atoms with Crippen LogP contribution >= 0.6 is 0 Å². The van der Waals surface area contributed by atoms with Crippen LogP contribution in [0.15, 0.2) is 48.2 Å². The Bertz CT molecular complexity index is 706. The van der Waals surface area contributed by atoms with E-state index in [0.29, 0.717) is 5.92 Å². The molecule has 2 rings (SSSR count). The molecule has 2 aromatic rings. The van der Waals surface area contributed by atoms with Gasteiger partial charge in [-0.05, 0) is 42.2 Å². The summed E-state index contributed by atoms with van der Waals surface area (Å²) in [6.07, 6.45) is 2.13. The van der Waals surface area contributed by atoms with Gasteiger partial charge in [-0.1, -0.05) is 69.4 Å². The van der Waals surface area contributed by atoms with E-state index in [1.165, 1.54) is 27.5 Å². The average Bonchev–Trinajstić information content (AvgIpc) is 2.52. The highest BCUT2D eigenvalue weighted by atomic mass is 28.3. The number of pyridine rings is 1. The molecule has 0 aliphatic rings. The average molecular weight is 324 g/mol. The minimum absolute atomic E-state index is 0.567. The Morgan fingerprint density at radius 3 is 2.13 bits per heavy atom. The molecule has 1 nitrogen and oxygen atoms in total. The molecule has 0 N–H and O–H groups in total. The molecule has 0 amide bonds. The maximum absolute atomic E-state index is 4.77. The number of hydrogen-bond acceptors (Lipinski definition) is 1. The molecule has 0 aliphatic carbocycles. The van der Waals surface area contributed by atoms with Crippen molar-refractivity contribution >= 4 is 18.8 Å². The van der Waals surface area contributed by atoms with Crippen LogP contribution in [0.25, 0.3) is 16.8 Å². The molecule has 0 saturated carbocycles. The van der Waals surface area contributed by atoms with E-state index in [0.717, 1.165) is 5.69 Å². The van der Waals surface area contributed by atoms with E-state index in [4.69, 9.17) is 4.98 Å². The van der Waals surface area contributed by atoms with Crippen LogP contribution in [-0.2, 0) is 0 Å². The highest BCUT2D eigenvalue weighted by Gasteiger charge is 2.23. The van der Waals surface area contributed by atoms with E-state index in [-0.39, 0.29) is 0 Å². The monoisotopic (exact) mass is 323 g/mol. The van der Waals surface area contributed by atoms with Gasteiger partial charge in [-0.2, -0.15) is 0 Å². The van der Waals surface area contributed by atoms with Gasteiger partial charge in [0.05, 0.1) is 13.8 Å². The lowest BCUT2D eigenvalue weighted by Gasteiger charge is -2.23. The van der Waals surface area contributed by atoms with Gasteiger partial charge in [-0.25, -0.2) is 0 Å². The van der Waals surface area contributed by atoms with Gasteiger partial charge in [0.15, 0.2) is 0 Å². The van der Waals surface area contributed by atoms with Crippen LogP contribution in [0.4, 0.5) is 0 Å². The third-order valence-electron chi connectivity index (χ3n) is 4.64. The summed E-state index contributed by atoms with van der Waals surface area (Å²) in [5, 5.41) is 1.45. The maximum atomic E-state index is 4.77. The van der Waals surface area contributed by atoms with Crippen molar-refractivity contribution in [3.8, 4) is 11.3 Å². The minimum Gasteiger partial charge on any atom is -0.256 e. The lowest BCUT2D eigenvalue weighted by Crippen LogP contribution is -2.40. The molecule has 0 aliphatic heterocycles. The van der Waals surface area contributed by atoms with Crippen LogP contribution < -0.4 is 5.19 Å². The molecule has 1 aromatic carbocycles. The van der Waals surface area contributed by atoms with Crippen molar-refractivity contribution in [2.45, 2.75) is 47.3 Å². The third-order valence-corrected chi connectivity index (χ3v) is 6.66. The highest BCUT2D eigenvalue weighted by Crippen LogP contribution is 2.26. The van der Waals surface area contributed by atoms with Crippen molar-refractivity contribution in [3.05, 3.63) is 53.7 Å². The van der Waals surface area contributed by atoms with Gasteiger partial charge in [-0.3, -0.25) is 4.98 Å². The summed E-state index contributed by atoms with van der Waals surface area (Å²) in [6.45, 7) is 16.3. The fraction of sp³-hybridized carbons (Fsp3) is 0.381. The number of aromatic nitrogens is 1. The van der Waals surface area contributed by atoms with Crippen LogP contribution in [0.2, 0.25) is 19.6 Å². The van der Waals surface area contributed by atoms with E-state index in [9.17, 15) is 0 Å². The molecule has 1 aromatic heterocycles. The second-order valence-corrected chi connectivity index (χ2v) is 12.7. The molecule has 0 atom stereocenters. The smallest absolute Gasteiger partial charge is 0.0804 e. The third kappa shape index (κ3) is 4.00. The zero-order valence-corrected chi connectivity index (χ0v) is 16.6. The first kappa shape index (κ1) is 17.7. The summed E-state index contributed by atoms with van der Waals surface area (Å²) in [5.41, 5.74) is 6.53. The predicted molar refractivity (Wildman–Crippen MR) is 106 cm³/mol. The zero-order valence-electron chi connectivity index (χ0n) is 15.6. The molecule has 122 valence electrons. The summed E-state index contributed by atoms with van der Waals surface area (Å²) < 4.78 is 0. The molecule has 0 fully saturated rings. The first-order valence-corrected chi connectivity index (χ1v) is 12.0. The van der Waals surface area contributed by atoms with E-state index in [1.54, 1.807) is 0 Å². The molecule has 1 heterocycles. The van der Waals surface area contributed by atoms with Crippen LogP contribution in [0.1, 0.15) is 33.3 Å². The first-order valence-electron chi connectivity index (χ1n) is 8.45. The van der Waals surface area contributed by atoms with Crippen molar-refractivity contribution in [2.24, 2.45) is 5.92 Å². The van der Waals surface area contributed by atoms with E-state index in [2.05, 4.69) is 89.9 Å². The SMILES string of the molecule is C/C(=C(/C)C(C)C)c1cc(-c2ccccc2)ncc1[Si](C)(C)C. The molecule has 23 heavy (non-hydrogen) atoms. The van der Waals surface area contributed by atoms with Crippen molar-refractivity contribution < 1.29 is 0 Å². The lowest BCUT2D eigenvalue weighted by molar-refractivity contribution is 0.771. The van der Waals surface area contributed by atoms with Gasteiger partial charge >= 0.3 is 0 Å². The maximum Gasteiger partial charge on any atom is 0.0804 e. The quantitative estimate of drug-likeness (QED) is 0.653. The molecule has 0 spiro atoms. The second kappa shape index (κ2) is 6.84. The van der Waals surface area contributed by atoms with Crippen molar-refractivity contribution in [3.63, 3.8) is 0 Å². The van der Waals surface area contributed by atoms with Crippen molar-refractivity contribution in [1.82, 2.24) is 4.98 Å². The molecule has 0 saturated heterocycles. The van der Waals surface area contributed by atoms with Crippen molar-refractivity contribution in [1.29, 1.82) is 0 Å². The number of rotatable bonds is 4. The first-order chi connectivity index (χ1) is 10.7. The van der Waals surface area contributed by atoms with Crippen LogP contribution in [-0.4, -0.2) is 13.1 Å². The summed E-state index contributed by atoms with van der Waals surface area (Å²) in [7, 11) is -1.44. The Hall–Kier alpha value is -1.67. The van der Waals surface area contributed by atoms with E-state index < -0.39 is 8.07 Å². The standard InChI is InChI=1S/C21H29NSi/c1-15(2)16(3)17(4)19-13-20(18-11-9-8-10-12-18)22-14-21(19)23(5,6)7/h8-15H,1-7H3/b17-16+. The fourth-order valence-corrected chi connectivity index (χ4v) is 4.30.